The van der Waals surface area contributed by atoms with E-state index in [1.54, 1.807) is 24.4 Å². The zero-order valence-electron chi connectivity index (χ0n) is 18.6. The van der Waals surface area contributed by atoms with Crippen LogP contribution in [0.25, 0.3) is 10.9 Å². The van der Waals surface area contributed by atoms with E-state index < -0.39 is 28.4 Å². The summed E-state index contributed by atoms with van der Waals surface area (Å²) in [4.78, 5) is 25.7. The second kappa shape index (κ2) is 10.2. The Morgan fingerprint density at radius 3 is 2.44 bits per heavy atom. The lowest BCUT2D eigenvalue weighted by Crippen LogP contribution is -2.36. The van der Waals surface area contributed by atoms with E-state index in [9.17, 15) is 18.0 Å². The minimum absolute atomic E-state index is 0.0858. The summed E-state index contributed by atoms with van der Waals surface area (Å²) in [6.07, 6.45) is 4.49. The average molecular weight is 480 g/mol. The zero-order valence-corrected chi connectivity index (χ0v) is 19.5. The summed E-state index contributed by atoms with van der Waals surface area (Å²) in [6.45, 7) is 0.745. The largest absolute Gasteiger partial charge is 0.454 e. The Morgan fingerprint density at radius 1 is 0.971 bits per heavy atom. The van der Waals surface area contributed by atoms with E-state index in [2.05, 4.69) is 6.07 Å². The van der Waals surface area contributed by atoms with Crippen LogP contribution in [0.5, 0.6) is 0 Å². The number of para-hydroxylation sites is 1. The van der Waals surface area contributed by atoms with Gasteiger partial charge in [0.2, 0.25) is 15.8 Å². The molecule has 0 aliphatic carbocycles. The maximum absolute atomic E-state index is 13.1. The SMILES string of the molecule is N#CCCn1cc(C(=O)COC(=O)c2ccccc2S(=O)(=O)N2CCCCC2)c2ccccc21. The standard InChI is InChI=1S/C25H25N3O5S/c26-13-8-14-27-17-21(19-9-2-4-11-22(19)27)23(29)18-33-25(30)20-10-3-5-12-24(20)34(31,32)28-15-6-1-7-16-28/h2-5,9-12,17H,1,6-8,14-16,18H2. The van der Waals surface area contributed by atoms with Gasteiger partial charge in [0.15, 0.2) is 6.61 Å². The Labute approximate surface area is 198 Å². The molecule has 0 saturated carbocycles. The summed E-state index contributed by atoms with van der Waals surface area (Å²) in [7, 11) is -3.84. The van der Waals surface area contributed by atoms with Crippen molar-refractivity contribution in [1.29, 1.82) is 5.26 Å². The van der Waals surface area contributed by atoms with Crippen molar-refractivity contribution < 1.29 is 22.7 Å². The van der Waals surface area contributed by atoms with Crippen molar-refractivity contribution >= 4 is 32.7 Å². The Balaban J connectivity index is 1.53. The number of nitrogens with zero attached hydrogens (tertiary/aromatic N) is 3. The third kappa shape index (κ3) is 4.74. The summed E-state index contributed by atoms with van der Waals surface area (Å²) in [5.74, 6) is -1.27. The van der Waals surface area contributed by atoms with Crippen LogP contribution in [-0.4, -0.2) is 48.7 Å². The lowest BCUT2D eigenvalue weighted by atomic mass is 10.1. The van der Waals surface area contributed by atoms with E-state index in [1.807, 2.05) is 22.8 Å². The van der Waals surface area contributed by atoms with Crippen LogP contribution >= 0.6 is 0 Å². The second-order valence-electron chi connectivity index (χ2n) is 8.12. The fourth-order valence-electron chi connectivity index (χ4n) is 4.22. The predicted molar refractivity (Wildman–Crippen MR) is 126 cm³/mol. The lowest BCUT2D eigenvalue weighted by molar-refractivity contribution is 0.0471. The van der Waals surface area contributed by atoms with Crippen molar-refractivity contribution in [2.75, 3.05) is 19.7 Å². The first kappa shape index (κ1) is 23.7. The Bertz CT molecular complexity index is 1360. The highest BCUT2D eigenvalue weighted by molar-refractivity contribution is 7.89. The predicted octanol–water partition coefficient (Wildman–Crippen LogP) is 3.77. The van der Waals surface area contributed by atoms with Gasteiger partial charge in [-0.25, -0.2) is 13.2 Å². The molecule has 176 valence electrons. The van der Waals surface area contributed by atoms with Crippen LogP contribution in [0, 0.1) is 11.3 Å². The van der Waals surface area contributed by atoms with Crippen LogP contribution in [0.4, 0.5) is 0 Å². The molecule has 1 aliphatic rings. The van der Waals surface area contributed by atoms with E-state index in [1.165, 1.54) is 16.4 Å². The van der Waals surface area contributed by atoms with Crippen molar-refractivity contribution in [2.24, 2.45) is 0 Å². The summed E-state index contributed by atoms with van der Waals surface area (Å²) < 4.78 is 34.8. The van der Waals surface area contributed by atoms with Crippen LogP contribution in [0.2, 0.25) is 0 Å². The molecule has 0 unspecified atom stereocenters. The van der Waals surface area contributed by atoms with Crippen LogP contribution in [0.1, 0.15) is 46.4 Å². The molecule has 0 radical (unpaired) electrons. The van der Waals surface area contributed by atoms with Gasteiger partial charge in [-0.15, -0.1) is 0 Å². The minimum Gasteiger partial charge on any atom is -0.454 e. The molecule has 1 aromatic heterocycles. The quantitative estimate of drug-likeness (QED) is 0.359. The van der Waals surface area contributed by atoms with Gasteiger partial charge in [-0.3, -0.25) is 4.79 Å². The second-order valence-corrected chi connectivity index (χ2v) is 10.0. The highest BCUT2D eigenvalue weighted by Gasteiger charge is 2.30. The molecule has 2 aromatic carbocycles. The lowest BCUT2D eigenvalue weighted by Gasteiger charge is -2.26. The highest BCUT2D eigenvalue weighted by atomic mass is 32.2. The maximum Gasteiger partial charge on any atom is 0.339 e. The molecule has 1 fully saturated rings. The number of hydrogen-bond donors (Lipinski definition) is 0. The fraction of sp³-hybridized carbons (Fsp3) is 0.320. The van der Waals surface area contributed by atoms with Crippen molar-refractivity contribution in [3.63, 3.8) is 0 Å². The first-order valence-electron chi connectivity index (χ1n) is 11.2. The van der Waals surface area contributed by atoms with Gasteiger partial charge in [-0.05, 0) is 31.0 Å². The first-order valence-corrected chi connectivity index (χ1v) is 12.6. The molecule has 9 heteroatoms. The number of ether oxygens (including phenoxy) is 1. The topological polar surface area (TPSA) is 109 Å². The molecular formula is C25H25N3O5S. The molecule has 0 N–H and O–H groups in total. The molecule has 4 rings (SSSR count). The van der Waals surface area contributed by atoms with Crippen LogP contribution in [0.15, 0.2) is 59.6 Å². The van der Waals surface area contributed by atoms with Crippen LogP contribution < -0.4 is 0 Å². The van der Waals surface area contributed by atoms with Gasteiger partial charge >= 0.3 is 5.97 Å². The molecule has 34 heavy (non-hydrogen) atoms. The fourth-order valence-corrected chi connectivity index (χ4v) is 5.91. The number of Topliss-reactive ketones (excluding diaryl/α,β-unsaturated/α-hetero) is 1. The van der Waals surface area contributed by atoms with E-state index in [0.29, 0.717) is 37.0 Å². The maximum atomic E-state index is 13.1. The molecule has 0 spiro atoms. The van der Waals surface area contributed by atoms with Gasteiger partial charge in [0, 0.05) is 42.3 Å². The number of nitriles is 1. The van der Waals surface area contributed by atoms with Crippen molar-refractivity contribution in [3.8, 4) is 6.07 Å². The highest BCUT2D eigenvalue weighted by Crippen LogP contribution is 2.25. The smallest absolute Gasteiger partial charge is 0.339 e. The third-order valence-electron chi connectivity index (χ3n) is 5.93. The van der Waals surface area contributed by atoms with Gasteiger partial charge in [0.25, 0.3) is 0 Å². The third-order valence-corrected chi connectivity index (χ3v) is 7.88. The number of piperidine rings is 1. The molecule has 0 atom stereocenters. The van der Waals surface area contributed by atoms with E-state index in [-0.39, 0.29) is 10.5 Å². The molecule has 3 aromatic rings. The molecule has 8 nitrogen and oxygen atoms in total. The number of carbonyl (C=O) groups excluding carboxylic acids is 2. The summed E-state index contributed by atoms with van der Waals surface area (Å²) in [6, 6.07) is 15.3. The minimum atomic E-state index is -3.84. The van der Waals surface area contributed by atoms with E-state index in [4.69, 9.17) is 10.00 Å². The summed E-state index contributed by atoms with van der Waals surface area (Å²) >= 11 is 0. The van der Waals surface area contributed by atoms with Crippen LogP contribution in [-0.2, 0) is 21.3 Å². The van der Waals surface area contributed by atoms with Crippen molar-refractivity contribution in [3.05, 3.63) is 65.9 Å². The monoisotopic (exact) mass is 479 g/mol. The van der Waals surface area contributed by atoms with Gasteiger partial charge < -0.3 is 9.30 Å². The van der Waals surface area contributed by atoms with Crippen molar-refractivity contribution in [1.82, 2.24) is 8.87 Å². The number of fused-ring (bicyclic) bond motifs is 1. The molecule has 0 amide bonds. The number of aromatic nitrogens is 1. The number of ketones is 1. The zero-order chi connectivity index (χ0) is 24.1. The molecule has 1 aliphatic heterocycles. The molecule has 1 saturated heterocycles. The Hall–Kier alpha value is -3.48. The summed E-state index contributed by atoms with van der Waals surface area (Å²) in [5, 5.41) is 9.60. The van der Waals surface area contributed by atoms with E-state index in [0.717, 1.165) is 24.8 Å². The van der Waals surface area contributed by atoms with Gasteiger partial charge in [-0.1, -0.05) is 36.8 Å². The Kier molecular flexibility index (Phi) is 7.10. The molecule has 0 bridgehead atoms. The van der Waals surface area contributed by atoms with Gasteiger partial charge in [0.05, 0.1) is 22.9 Å². The van der Waals surface area contributed by atoms with Crippen LogP contribution in [0.3, 0.4) is 0 Å². The van der Waals surface area contributed by atoms with Gasteiger partial charge in [0.1, 0.15) is 0 Å². The number of aryl methyl sites for hydroxylation is 1. The normalized spacial score (nSPS) is 14.6. The number of rotatable bonds is 8. The Morgan fingerprint density at radius 2 is 1.68 bits per heavy atom. The summed E-state index contributed by atoms with van der Waals surface area (Å²) in [5.41, 5.74) is 1.11. The number of carbonyl (C=O) groups is 2. The average Bonchev–Trinajstić information content (AvgIpc) is 3.25. The molecule has 2 heterocycles. The number of sulfonamides is 1. The number of hydrogen-bond acceptors (Lipinski definition) is 6. The first-order chi connectivity index (χ1) is 16.4. The molecular weight excluding hydrogens is 454 g/mol. The van der Waals surface area contributed by atoms with Gasteiger partial charge in [-0.2, -0.15) is 9.57 Å². The number of esters is 1. The van der Waals surface area contributed by atoms with E-state index >= 15 is 0 Å². The van der Waals surface area contributed by atoms with Crippen molar-refractivity contribution in [2.45, 2.75) is 37.1 Å². The number of benzene rings is 2.